The molecule has 0 aromatic carbocycles. The molecule has 2 rings (SSSR count). The third-order valence-electron chi connectivity index (χ3n) is 21.2. The minimum atomic E-state index is 0.565. The van der Waals surface area contributed by atoms with Gasteiger partial charge in [0, 0.05) is 0 Å². The molecule has 2 fully saturated rings. The number of unbranched alkanes of at least 4 members (excludes halogenated alkanes) is 24. The highest BCUT2D eigenvalue weighted by atomic mass is 14.8. The maximum absolute atomic E-state index is 2.56. The Kier molecular flexibility index (Phi) is 42.4. The van der Waals surface area contributed by atoms with Gasteiger partial charge < -0.3 is 0 Å². The molecular weight excluding hydrogens is 877 g/mol. The van der Waals surface area contributed by atoms with Crippen molar-refractivity contribution in [3.63, 3.8) is 0 Å². The summed E-state index contributed by atoms with van der Waals surface area (Å²) in [6, 6.07) is 0. The summed E-state index contributed by atoms with van der Waals surface area (Å²) in [5, 5.41) is 0. The lowest BCUT2D eigenvalue weighted by molar-refractivity contribution is -0.366. The zero-order valence-electron chi connectivity index (χ0n) is 53.4. The number of hydrogen-bond acceptors (Lipinski definition) is 0. The van der Waals surface area contributed by atoms with Gasteiger partial charge in [-0.1, -0.05) is 391 Å². The Hall–Kier alpha value is 0. The third kappa shape index (κ3) is 22.9. The summed E-state index contributed by atoms with van der Waals surface area (Å²) in [7, 11) is 0. The second-order valence-electron chi connectivity index (χ2n) is 26.8. The fraction of sp³-hybridized carbons (Fsp3) is 1.00. The first kappa shape index (κ1) is 69.1. The molecule has 2 aliphatic rings. The quantitative estimate of drug-likeness (QED) is 0.0533. The summed E-state index contributed by atoms with van der Waals surface area (Å²) in [5.41, 5.74) is 0.565. The van der Waals surface area contributed by atoms with E-state index in [0.717, 1.165) is 71.0 Å². The highest BCUT2D eigenvalue weighted by Crippen LogP contribution is 2.84. The molecule has 1 spiro atoms. The molecule has 8 atom stereocenters. The first-order chi connectivity index (χ1) is 35.9. The molecule has 0 amide bonds. The van der Waals surface area contributed by atoms with E-state index in [9.17, 15) is 0 Å². The second kappa shape index (κ2) is 44.8. The van der Waals surface area contributed by atoms with E-state index in [0.29, 0.717) is 5.41 Å². The molecule has 2 saturated carbocycles. The Bertz CT molecular complexity index is 989. The zero-order chi connectivity index (χ0) is 53.4. The molecule has 0 radical (unpaired) electrons. The second-order valence-corrected chi connectivity index (χ2v) is 26.8. The summed E-state index contributed by atoms with van der Waals surface area (Å²) in [6.45, 7) is 30.1. The molecule has 0 N–H and O–H groups in total. The van der Waals surface area contributed by atoms with Gasteiger partial charge in [0.05, 0.1) is 0 Å². The fourth-order valence-electron chi connectivity index (χ4n) is 17.8. The van der Waals surface area contributed by atoms with Crippen LogP contribution < -0.4 is 0 Å². The lowest BCUT2D eigenvalue weighted by Gasteiger charge is -2.83. The molecule has 73 heavy (non-hydrogen) atoms. The van der Waals surface area contributed by atoms with Gasteiger partial charge in [-0.25, -0.2) is 0 Å². The minimum absolute atomic E-state index is 0.565. The van der Waals surface area contributed by atoms with Gasteiger partial charge in [-0.2, -0.15) is 0 Å². The Balaban J connectivity index is 3.44. The molecule has 0 heteroatoms. The molecule has 0 aliphatic heterocycles. The zero-order valence-corrected chi connectivity index (χ0v) is 53.4. The monoisotopic (exact) mass is 1020 g/mol. The smallest absolute Gasteiger partial charge is 0.0162 e. The van der Waals surface area contributed by atoms with Crippen LogP contribution in [0.1, 0.15) is 391 Å². The predicted octanol–water partition coefficient (Wildman–Crippen LogP) is 26.4. The van der Waals surface area contributed by atoms with Crippen LogP contribution >= 0.6 is 0 Å². The van der Waals surface area contributed by atoms with E-state index >= 15 is 0 Å². The van der Waals surface area contributed by atoms with Gasteiger partial charge in [-0.05, 0) is 76.4 Å². The highest BCUT2D eigenvalue weighted by Gasteiger charge is 2.79. The number of rotatable bonds is 54. The van der Waals surface area contributed by atoms with Gasteiger partial charge in [0.1, 0.15) is 0 Å². The fourth-order valence-corrected chi connectivity index (χ4v) is 17.8. The van der Waals surface area contributed by atoms with E-state index in [2.05, 4.69) is 83.1 Å². The maximum atomic E-state index is 2.56. The predicted molar refractivity (Wildman–Crippen MR) is 334 cm³/mol. The van der Waals surface area contributed by atoms with Crippen LogP contribution in [0.5, 0.6) is 0 Å². The van der Waals surface area contributed by atoms with Crippen LogP contribution in [0.2, 0.25) is 0 Å². The standard InChI is InChI=1S/C73H144/c1-13-25-37-45-53-61(54-46-38-26-14-2)67-69(63(49-33-21-9)57-41-29-17-5)73(70(67)64(50-34-22-10)58-42-30-18-6)71(65(51-35-23-11)59-43-31-19-7)68(72(73)66(52-36-24-12)60-44-32-20-8)62(55-47-39-27-15-3)56-48-40-28-16-4/h61-72H,13-60H2,1-12H3. The normalized spacial score (nSPS) is 23.6. The van der Waals surface area contributed by atoms with Crippen LogP contribution in [-0.2, 0) is 0 Å². The van der Waals surface area contributed by atoms with Gasteiger partial charge in [-0.3, -0.25) is 0 Å². The SMILES string of the molecule is CCCCCCC(CCCCCC)C1C(C(CCCC)CCCCC)C2(C1C(CCCC)CCCCC)C(C(CCCC)CCCCC)C(C(CCCCCC)CCCCCC)C2C(CCCC)CCCCC. The van der Waals surface area contributed by atoms with Crippen molar-refractivity contribution < 1.29 is 0 Å². The van der Waals surface area contributed by atoms with Crippen molar-refractivity contribution in [3.8, 4) is 0 Å². The van der Waals surface area contributed by atoms with Crippen LogP contribution in [0, 0.1) is 76.4 Å². The highest BCUT2D eigenvalue weighted by molar-refractivity contribution is 5.26. The van der Waals surface area contributed by atoms with E-state index < -0.39 is 0 Å². The van der Waals surface area contributed by atoms with Crippen molar-refractivity contribution in [2.75, 3.05) is 0 Å². The van der Waals surface area contributed by atoms with Crippen LogP contribution in [0.3, 0.4) is 0 Å². The summed E-state index contributed by atoms with van der Waals surface area (Å²) in [6.07, 6.45) is 70.9. The van der Waals surface area contributed by atoms with Crippen molar-refractivity contribution >= 4 is 0 Å². The Morgan fingerprint density at radius 1 is 0.178 bits per heavy atom. The topological polar surface area (TPSA) is 0 Å². The van der Waals surface area contributed by atoms with Crippen molar-refractivity contribution in [1.82, 2.24) is 0 Å². The Labute approximate surface area is 465 Å². The average Bonchev–Trinajstić information content (AvgIpc) is 3.39. The molecule has 0 nitrogen and oxygen atoms in total. The van der Waals surface area contributed by atoms with Gasteiger partial charge in [0.2, 0.25) is 0 Å². The van der Waals surface area contributed by atoms with E-state index in [1.807, 2.05) is 0 Å². The van der Waals surface area contributed by atoms with Crippen LogP contribution in [-0.4, -0.2) is 0 Å². The van der Waals surface area contributed by atoms with Crippen molar-refractivity contribution in [2.45, 2.75) is 391 Å². The lowest BCUT2D eigenvalue weighted by atomic mass is 9.21. The van der Waals surface area contributed by atoms with E-state index in [1.165, 1.54) is 231 Å². The van der Waals surface area contributed by atoms with Crippen molar-refractivity contribution in [3.05, 3.63) is 0 Å². The van der Waals surface area contributed by atoms with Gasteiger partial charge in [0.25, 0.3) is 0 Å². The average molecular weight is 1020 g/mol. The molecule has 2 aliphatic carbocycles. The molecule has 0 aromatic heterocycles. The maximum Gasteiger partial charge on any atom is -0.0162 e. The molecule has 0 aromatic rings. The first-order valence-corrected chi connectivity index (χ1v) is 35.9. The van der Waals surface area contributed by atoms with E-state index in [-0.39, 0.29) is 0 Å². The lowest BCUT2D eigenvalue weighted by Crippen LogP contribution is -2.79. The minimum Gasteiger partial charge on any atom is -0.0654 e. The molecular formula is C73H144. The first-order valence-electron chi connectivity index (χ1n) is 35.9. The van der Waals surface area contributed by atoms with Gasteiger partial charge >= 0.3 is 0 Å². The summed E-state index contributed by atoms with van der Waals surface area (Å²) >= 11 is 0. The summed E-state index contributed by atoms with van der Waals surface area (Å²) < 4.78 is 0. The summed E-state index contributed by atoms with van der Waals surface area (Å²) in [5.74, 6) is 11.6. The van der Waals surface area contributed by atoms with Crippen molar-refractivity contribution in [1.29, 1.82) is 0 Å². The molecule has 0 bridgehead atoms. The van der Waals surface area contributed by atoms with E-state index in [4.69, 9.17) is 0 Å². The van der Waals surface area contributed by atoms with Crippen LogP contribution in [0.4, 0.5) is 0 Å². The molecule has 8 unspecified atom stereocenters. The Morgan fingerprint density at radius 2 is 0.329 bits per heavy atom. The van der Waals surface area contributed by atoms with E-state index in [1.54, 1.807) is 77.0 Å². The Morgan fingerprint density at radius 3 is 0.521 bits per heavy atom. The molecule has 0 heterocycles. The van der Waals surface area contributed by atoms with Crippen LogP contribution in [0.15, 0.2) is 0 Å². The van der Waals surface area contributed by atoms with Gasteiger partial charge in [0.15, 0.2) is 0 Å². The number of hydrogen-bond donors (Lipinski definition) is 0. The third-order valence-corrected chi connectivity index (χ3v) is 21.2. The van der Waals surface area contributed by atoms with Gasteiger partial charge in [-0.15, -0.1) is 0 Å². The largest absolute Gasteiger partial charge is 0.0654 e. The molecule has 436 valence electrons. The summed E-state index contributed by atoms with van der Waals surface area (Å²) in [4.78, 5) is 0. The van der Waals surface area contributed by atoms with Crippen molar-refractivity contribution in [2.24, 2.45) is 76.4 Å². The molecule has 0 saturated heterocycles. The van der Waals surface area contributed by atoms with Crippen LogP contribution in [0.25, 0.3) is 0 Å².